The Labute approximate surface area is 144 Å². The second kappa shape index (κ2) is 7.92. The van der Waals surface area contributed by atoms with Gasteiger partial charge in [0.15, 0.2) is 0 Å². The summed E-state index contributed by atoms with van der Waals surface area (Å²) in [6.45, 7) is 6.56. The van der Waals surface area contributed by atoms with Gasteiger partial charge in [0, 0.05) is 51.6 Å². The molecule has 3 heterocycles. The highest BCUT2D eigenvalue weighted by atomic mass is 16.2. The second-order valence-corrected chi connectivity index (χ2v) is 7.00. The lowest BCUT2D eigenvalue weighted by Gasteiger charge is -2.29. The summed E-state index contributed by atoms with van der Waals surface area (Å²) in [5, 5.41) is 3.46. The molecule has 2 aliphatic heterocycles. The largest absolute Gasteiger partial charge is 0.358 e. The van der Waals surface area contributed by atoms with Crippen molar-refractivity contribution in [1.82, 2.24) is 20.2 Å². The van der Waals surface area contributed by atoms with E-state index in [4.69, 9.17) is 0 Å². The number of hydrogen-bond acceptors (Lipinski definition) is 5. The van der Waals surface area contributed by atoms with Crippen molar-refractivity contribution >= 4 is 11.7 Å². The quantitative estimate of drug-likeness (QED) is 0.890. The Morgan fingerprint density at radius 2 is 2.21 bits per heavy atom. The Morgan fingerprint density at radius 1 is 1.33 bits per heavy atom. The van der Waals surface area contributed by atoms with E-state index in [1.807, 2.05) is 11.8 Å². The Morgan fingerprint density at radius 3 is 2.96 bits per heavy atom. The van der Waals surface area contributed by atoms with Gasteiger partial charge in [0.2, 0.25) is 5.91 Å². The van der Waals surface area contributed by atoms with E-state index >= 15 is 0 Å². The van der Waals surface area contributed by atoms with E-state index in [0.717, 1.165) is 62.9 Å². The van der Waals surface area contributed by atoms with Crippen molar-refractivity contribution in [3.8, 4) is 0 Å². The van der Waals surface area contributed by atoms with Crippen LogP contribution in [0.15, 0.2) is 6.07 Å². The Kier molecular flexibility index (Phi) is 5.66. The van der Waals surface area contributed by atoms with E-state index in [1.165, 1.54) is 12.8 Å². The van der Waals surface area contributed by atoms with Crippen LogP contribution in [0.1, 0.15) is 49.5 Å². The summed E-state index contributed by atoms with van der Waals surface area (Å²) in [6.07, 6.45) is 5.26. The molecule has 0 saturated carbocycles. The molecule has 2 aliphatic rings. The maximum absolute atomic E-state index is 11.9. The SMILES string of the molecule is Cc1nc([C@H]2CCCNC2)cc(N(C)CCN2CCCCC2=O)n1. The number of hydrogen-bond donors (Lipinski definition) is 1. The first-order chi connectivity index (χ1) is 11.6. The summed E-state index contributed by atoms with van der Waals surface area (Å²) in [4.78, 5) is 25.3. The standard InChI is InChI=1S/C18H29N5O/c1-14-20-16(15-6-5-8-19-13-15)12-17(21-14)22(2)10-11-23-9-4-3-7-18(23)24/h12,15,19H,3-11,13H2,1-2H3/t15-/m0/s1. The van der Waals surface area contributed by atoms with Gasteiger partial charge in [-0.05, 0) is 39.2 Å². The van der Waals surface area contributed by atoms with Crippen LogP contribution in [-0.4, -0.2) is 60.5 Å². The van der Waals surface area contributed by atoms with Gasteiger partial charge in [-0.1, -0.05) is 0 Å². The van der Waals surface area contributed by atoms with Crippen molar-refractivity contribution < 1.29 is 4.79 Å². The van der Waals surface area contributed by atoms with E-state index in [-0.39, 0.29) is 0 Å². The number of likely N-dealkylation sites (N-methyl/N-ethyl adjacent to an activating group) is 1. The van der Waals surface area contributed by atoms with Gasteiger partial charge >= 0.3 is 0 Å². The third-order valence-corrected chi connectivity index (χ3v) is 5.08. The molecule has 24 heavy (non-hydrogen) atoms. The van der Waals surface area contributed by atoms with Gasteiger partial charge in [0.05, 0.1) is 5.69 Å². The third kappa shape index (κ3) is 4.23. The molecule has 0 aliphatic carbocycles. The predicted octanol–water partition coefficient (Wildman–Crippen LogP) is 1.70. The van der Waals surface area contributed by atoms with E-state index in [1.54, 1.807) is 0 Å². The predicted molar refractivity (Wildman–Crippen MR) is 95.3 cm³/mol. The zero-order chi connectivity index (χ0) is 16.9. The molecule has 2 fully saturated rings. The first-order valence-electron chi connectivity index (χ1n) is 9.18. The molecular formula is C18H29N5O. The molecule has 132 valence electrons. The lowest BCUT2D eigenvalue weighted by Crippen LogP contribution is -2.40. The van der Waals surface area contributed by atoms with E-state index in [2.05, 4.69) is 33.3 Å². The molecular weight excluding hydrogens is 302 g/mol. The third-order valence-electron chi connectivity index (χ3n) is 5.08. The summed E-state index contributed by atoms with van der Waals surface area (Å²) >= 11 is 0. The molecule has 6 heteroatoms. The summed E-state index contributed by atoms with van der Waals surface area (Å²) < 4.78 is 0. The minimum Gasteiger partial charge on any atom is -0.358 e. The van der Waals surface area contributed by atoms with Gasteiger partial charge in [-0.25, -0.2) is 9.97 Å². The summed E-state index contributed by atoms with van der Waals surface area (Å²) in [7, 11) is 2.05. The number of rotatable bonds is 5. The minimum atomic E-state index is 0.294. The molecule has 0 radical (unpaired) electrons. The highest BCUT2D eigenvalue weighted by Gasteiger charge is 2.20. The first kappa shape index (κ1) is 17.1. The van der Waals surface area contributed by atoms with Gasteiger partial charge in [0.25, 0.3) is 0 Å². The van der Waals surface area contributed by atoms with Crippen LogP contribution >= 0.6 is 0 Å². The highest BCUT2D eigenvalue weighted by molar-refractivity contribution is 5.76. The Bertz CT molecular complexity index is 571. The number of aromatic nitrogens is 2. The number of amides is 1. The van der Waals surface area contributed by atoms with Crippen LogP contribution in [0.4, 0.5) is 5.82 Å². The maximum Gasteiger partial charge on any atom is 0.222 e. The molecule has 3 rings (SSSR count). The van der Waals surface area contributed by atoms with Crippen LogP contribution in [0, 0.1) is 6.92 Å². The van der Waals surface area contributed by atoms with E-state index in [9.17, 15) is 4.79 Å². The fourth-order valence-corrected chi connectivity index (χ4v) is 3.57. The second-order valence-electron chi connectivity index (χ2n) is 7.00. The molecule has 6 nitrogen and oxygen atoms in total. The van der Waals surface area contributed by atoms with Crippen LogP contribution in [-0.2, 0) is 4.79 Å². The van der Waals surface area contributed by atoms with Crippen molar-refractivity contribution in [3.05, 3.63) is 17.6 Å². The fraction of sp³-hybridized carbons (Fsp3) is 0.722. The van der Waals surface area contributed by atoms with Gasteiger partial charge in [0.1, 0.15) is 11.6 Å². The van der Waals surface area contributed by atoms with Gasteiger partial charge < -0.3 is 15.1 Å². The molecule has 1 N–H and O–H groups in total. The molecule has 0 unspecified atom stereocenters. The van der Waals surface area contributed by atoms with Crippen LogP contribution in [0.5, 0.6) is 0 Å². The summed E-state index contributed by atoms with van der Waals surface area (Å²) in [6, 6.07) is 2.13. The monoisotopic (exact) mass is 331 g/mol. The molecule has 0 bridgehead atoms. The normalized spacial score (nSPS) is 21.8. The molecule has 1 amide bonds. The van der Waals surface area contributed by atoms with Crippen molar-refractivity contribution in [2.45, 2.75) is 44.9 Å². The lowest BCUT2D eigenvalue weighted by atomic mass is 9.96. The zero-order valence-electron chi connectivity index (χ0n) is 14.9. The number of carbonyl (C=O) groups excluding carboxylic acids is 1. The van der Waals surface area contributed by atoms with Crippen molar-refractivity contribution in [1.29, 1.82) is 0 Å². The lowest BCUT2D eigenvalue weighted by molar-refractivity contribution is -0.133. The van der Waals surface area contributed by atoms with Crippen LogP contribution in [0.25, 0.3) is 0 Å². The molecule has 1 aromatic heterocycles. The molecule has 1 atom stereocenters. The van der Waals surface area contributed by atoms with Crippen molar-refractivity contribution in [2.75, 3.05) is 44.7 Å². The maximum atomic E-state index is 11.9. The Hall–Kier alpha value is -1.69. The number of likely N-dealkylation sites (tertiary alicyclic amines) is 1. The smallest absolute Gasteiger partial charge is 0.222 e. The number of nitrogens with one attached hydrogen (secondary N) is 1. The topological polar surface area (TPSA) is 61.4 Å². The average Bonchev–Trinajstić information content (AvgIpc) is 2.61. The number of nitrogens with zero attached hydrogens (tertiary/aromatic N) is 4. The van der Waals surface area contributed by atoms with Gasteiger partial charge in [-0.2, -0.15) is 0 Å². The summed E-state index contributed by atoms with van der Waals surface area (Å²) in [5.74, 6) is 2.57. The van der Waals surface area contributed by atoms with Gasteiger partial charge in [-0.3, -0.25) is 4.79 Å². The summed E-state index contributed by atoms with van der Waals surface area (Å²) in [5.41, 5.74) is 1.14. The number of aryl methyl sites for hydroxylation is 1. The molecule has 1 aromatic rings. The van der Waals surface area contributed by atoms with E-state index < -0.39 is 0 Å². The van der Waals surface area contributed by atoms with Crippen LogP contribution < -0.4 is 10.2 Å². The number of anilines is 1. The number of carbonyl (C=O) groups is 1. The molecule has 2 saturated heterocycles. The van der Waals surface area contributed by atoms with E-state index in [0.29, 0.717) is 18.2 Å². The molecule has 0 aromatic carbocycles. The minimum absolute atomic E-state index is 0.294. The van der Waals surface area contributed by atoms with Crippen LogP contribution in [0.3, 0.4) is 0 Å². The van der Waals surface area contributed by atoms with Gasteiger partial charge in [-0.15, -0.1) is 0 Å². The van der Waals surface area contributed by atoms with Crippen molar-refractivity contribution in [2.24, 2.45) is 0 Å². The molecule has 0 spiro atoms. The first-order valence-corrected chi connectivity index (χ1v) is 9.18. The highest BCUT2D eigenvalue weighted by Crippen LogP contribution is 2.24. The number of piperidine rings is 2. The Balaban J connectivity index is 1.64. The zero-order valence-corrected chi connectivity index (χ0v) is 14.9. The fourth-order valence-electron chi connectivity index (χ4n) is 3.57. The van der Waals surface area contributed by atoms with Crippen molar-refractivity contribution in [3.63, 3.8) is 0 Å². The van der Waals surface area contributed by atoms with Crippen LogP contribution in [0.2, 0.25) is 0 Å². The average molecular weight is 331 g/mol.